The van der Waals surface area contributed by atoms with Crippen molar-refractivity contribution in [3.05, 3.63) is 0 Å². The first-order valence-corrected chi connectivity index (χ1v) is 6.18. The minimum absolute atomic E-state index is 0.367. The average molecular weight is 188 g/mol. The van der Waals surface area contributed by atoms with Crippen LogP contribution in [-0.4, -0.2) is 23.2 Å². The molecule has 0 aliphatic carbocycles. The third-order valence-corrected chi connectivity index (χ3v) is 3.94. The van der Waals surface area contributed by atoms with Gasteiger partial charge in [-0.25, -0.2) is 0 Å². The molecule has 1 N–H and O–H groups in total. The lowest BCUT2D eigenvalue weighted by Crippen LogP contribution is -2.17. The Kier molecular flexibility index (Phi) is 5.08. The van der Waals surface area contributed by atoms with Crippen molar-refractivity contribution in [3.63, 3.8) is 0 Å². The van der Waals surface area contributed by atoms with Gasteiger partial charge in [-0.15, -0.1) is 0 Å². The van der Waals surface area contributed by atoms with Gasteiger partial charge in [-0.1, -0.05) is 6.92 Å². The van der Waals surface area contributed by atoms with Gasteiger partial charge in [0.2, 0.25) is 0 Å². The van der Waals surface area contributed by atoms with Gasteiger partial charge in [-0.2, -0.15) is 11.8 Å². The molecule has 0 aromatic rings. The van der Waals surface area contributed by atoms with E-state index < -0.39 is 0 Å². The number of rotatable bonds is 4. The number of hydrogen-bond donors (Lipinski definition) is 1. The lowest BCUT2D eigenvalue weighted by molar-refractivity contribution is 0.247. The molecule has 0 radical (unpaired) electrons. The minimum atomic E-state index is 0.367. The predicted octanol–water partition coefficient (Wildman–Crippen LogP) is 2.54. The Bertz CT molecular complexity index is 110. The summed E-state index contributed by atoms with van der Waals surface area (Å²) in [4.78, 5) is 0. The number of thioether (sulfide) groups is 1. The number of aliphatic hydroxyl groups excluding tert-OH is 1. The normalized spacial score (nSPS) is 22.5. The van der Waals surface area contributed by atoms with Crippen molar-refractivity contribution in [3.8, 4) is 0 Å². The summed E-state index contributed by atoms with van der Waals surface area (Å²) in [5.74, 6) is 4.48. The van der Waals surface area contributed by atoms with E-state index in [0.29, 0.717) is 6.61 Å². The van der Waals surface area contributed by atoms with Gasteiger partial charge in [0, 0.05) is 6.61 Å². The van der Waals surface area contributed by atoms with Crippen LogP contribution in [0.2, 0.25) is 0 Å². The SMILES string of the molecule is CC(CCCO)C1CCSCC1. The van der Waals surface area contributed by atoms with E-state index in [4.69, 9.17) is 5.11 Å². The molecule has 0 saturated carbocycles. The first-order chi connectivity index (χ1) is 5.84. The van der Waals surface area contributed by atoms with Crippen molar-refractivity contribution in [1.82, 2.24) is 0 Å². The van der Waals surface area contributed by atoms with Gasteiger partial charge in [0.25, 0.3) is 0 Å². The van der Waals surface area contributed by atoms with Gasteiger partial charge in [0.15, 0.2) is 0 Å². The maximum Gasteiger partial charge on any atom is 0.0431 e. The van der Waals surface area contributed by atoms with Crippen molar-refractivity contribution in [2.24, 2.45) is 11.8 Å². The van der Waals surface area contributed by atoms with Crippen LogP contribution < -0.4 is 0 Å². The van der Waals surface area contributed by atoms with Crippen LogP contribution in [-0.2, 0) is 0 Å². The van der Waals surface area contributed by atoms with Crippen molar-refractivity contribution < 1.29 is 5.11 Å². The highest BCUT2D eigenvalue weighted by molar-refractivity contribution is 7.99. The molecule has 1 aliphatic heterocycles. The molecule has 1 fully saturated rings. The highest BCUT2D eigenvalue weighted by atomic mass is 32.2. The zero-order valence-electron chi connectivity index (χ0n) is 7.96. The van der Waals surface area contributed by atoms with Gasteiger partial charge < -0.3 is 5.11 Å². The highest BCUT2D eigenvalue weighted by Crippen LogP contribution is 2.30. The fourth-order valence-corrected chi connectivity index (χ4v) is 3.08. The van der Waals surface area contributed by atoms with E-state index in [2.05, 4.69) is 18.7 Å². The third-order valence-electron chi connectivity index (χ3n) is 2.89. The summed E-state index contributed by atoms with van der Waals surface area (Å²) >= 11 is 2.09. The zero-order chi connectivity index (χ0) is 8.81. The van der Waals surface area contributed by atoms with Gasteiger partial charge in [0.05, 0.1) is 0 Å². The van der Waals surface area contributed by atoms with E-state index in [1.54, 1.807) is 0 Å². The highest BCUT2D eigenvalue weighted by Gasteiger charge is 2.19. The molecular weight excluding hydrogens is 168 g/mol. The van der Waals surface area contributed by atoms with Crippen LogP contribution in [0.5, 0.6) is 0 Å². The van der Waals surface area contributed by atoms with Crippen molar-refractivity contribution in [2.45, 2.75) is 32.6 Å². The minimum Gasteiger partial charge on any atom is -0.396 e. The molecule has 0 aromatic carbocycles. The number of aliphatic hydroxyl groups is 1. The summed E-state index contributed by atoms with van der Waals surface area (Å²) < 4.78 is 0. The van der Waals surface area contributed by atoms with Crippen LogP contribution in [0.3, 0.4) is 0 Å². The van der Waals surface area contributed by atoms with Crippen LogP contribution in [0.25, 0.3) is 0 Å². The Labute approximate surface area is 79.9 Å². The Morgan fingerprint density at radius 2 is 2.08 bits per heavy atom. The average Bonchev–Trinajstić information content (AvgIpc) is 2.15. The van der Waals surface area contributed by atoms with Gasteiger partial charge in [-0.3, -0.25) is 0 Å². The van der Waals surface area contributed by atoms with Crippen LogP contribution >= 0.6 is 11.8 Å². The molecule has 12 heavy (non-hydrogen) atoms. The molecule has 1 unspecified atom stereocenters. The molecule has 1 atom stereocenters. The van der Waals surface area contributed by atoms with Crippen molar-refractivity contribution >= 4 is 11.8 Å². The van der Waals surface area contributed by atoms with E-state index >= 15 is 0 Å². The fourth-order valence-electron chi connectivity index (χ4n) is 1.93. The van der Waals surface area contributed by atoms with Crippen LogP contribution in [0.4, 0.5) is 0 Å². The maximum absolute atomic E-state index is 8.71. The lowest BCUT2D eigenvalue weighted by atomic mass is 9.86. The van der Waals surface area contributed by atoms with E-state index in [-0.39, 0.29) is 0 Å². The van der Waals surface area contributed by atoms with E-state index in [0.717, 1.165) is 18.3 Å². The maximum atomic E-state index is 8.71. The summed E-state index contributed by atoms with van der Waals surface area (Å²) in [6, 6.07) is 0. The second-order valence-electron chi connectivity index (χ2n) is 3.79. The molecule has 1 nitrogen and oxygen atoms in total. The summed E-state index contributed by atoms with van der Waals surface area (Å²) in [7, 11) is 0. The van der Waals surface area contributed by atoms with Crippen LogP contribution in [0.15, 0.2) is 0 Å². The second kappa shape index (κ2) is 5.87. The summed E-state index contributed by atoms with van der Waals surface area (Å²) in [6.07, 6.45) is 5.01. The Morgan fingerprint density at radius 1 is 1.42 bits per heavy atom. The first kappa shape index (κ1) is 10.4. The van der Waals surface area contributed by atoms with Gasteiger partial charge in [-0.05, 0) is 49.0 Å². The predicted molar refractivity (Wildman–Crippen MR) is 55.5 cm³/mol. The van der Waals surface area contributed by atoms with E-state index in [1.807, 2.05) is 0 Å². The van der Waals surface area contributed by atoms with Crippen molar-refractivity contribution in [2.75, 3.05) is 18.1 Å². The molecule has 1 aliphatic rings. The summed E-state index contributed by atoms with van der Waals surface area (Å²) in [5.41, 5.74) is 0. The zero-order valence-corrected chi connectivity index (χ0v) is 8.78. The smallest absolute Gasteiger partial charge is 0.0431 e. The molecule has 72 valence electrons. The standard InChI is InChI=1S/C10H20OS/c1-9(3-2-6-11)10-4-7-12-8-5-10/h9-11H,2-8H2,1H3. The third kappa shape index (κ3) is 3.36. The molecule has 0 aromatic heterocycles. The topological polar surface area (TPSA) is 20.2 Å². The van der Waals surface area contributed by atoms with Gasteiger partial charge >= 0.3 is 0 Å². The molecule has 1 heterocycles. The van der Waals surface area contributed by atoms with E-state index in [9.17, 15) is 0 Å². The Balaban J connectivity index is 2.15. The molecule has 1 rings (SSSR count). The molecule has 1 saturated heterocycles. The van der Waals surface area contributed by atoms with Crippen LogP contribution in [0.1, 0.15) is 32.6 Å². The van der Waals surface area contributed by atoms with Crippen molar-refractivity contribution in [1.29, 1.82) is 0 Å². The summed E-state index contributed by atoms with van der Waals surface area (Å²) in [6.45, 7) is 2.71. The molecule has 0 amide bonds. The Hall–Kier alpha value is 0.310. The lowest BCUT2D eigenvalue weighted by Gasteiger charge is -2.27. The molecule has 0 bridgehead atoms. The summed E-state index contributed by atoms with van der Waals surface area (Å²) in [5, 5.41) is 8.71. The Morgan fingerprint density at radius 3 is 2.67 bits per heavy atom. The van der Waals surface area contributed by atoms with Crippen LogP contribution in [0, 0.1) is 11.8 Å². The molecular formula is C10H20OS. The number of hydrogen-bond acceptors (Lipinski definition) is 2. The van der Waals surface area contributed by atoms with Gasteiger partial charge in [0.1, 0.15) is 0 Å². The quantitative estimate of drug-likeness (QED) is 0.731. The fraction of sp³-hybridized carbons (Fsp3) is 1.00. The monoisotopic (exact) mass is 188 g/mol. The molecule has 2 heteroatoms. The molecule has 0 spiro atoms. The second-order valence-corrected chi connectivity index (χ2v) is 5.02. The van der Waals surface area contributed by atoms with E-state index in [1.165, 1.54) is 30.8 Å². The largest absolute Gasteiger partial charge is 0.396 e. The first-order valence-electron chi connectivity index (χ1n) is 5.03.